The van der Waals surface area contributed by atoms with Gasteiger partial charge in [0.15, 0.2) is 17.5 Å². The lowest BCUT2D eigenvalue weighted by atomic mass is 9.87. The number of carbonyl (C=O) groups is 1. The van der Waals surface area contributed by atoms with E-state index in [1.54, 1.807) is 22.4 Å². The van der Waals surface area contributed by atoms with Gasteiger partial charge >= 0.3 is 0 Å². The Kier molecular flexibility index (Phi) is 5.65. The van der Waals surface area contributed by atoms with Crippen molar-refractivity contribution >= 4 is 11.4 Å². The Balaban J connectivity index is 1.63. The number of pyridine rings is 1. The summed E-state index contributed by atoms with van der Waals surface area (Å²) in [4.78, 5) is 15.8. The molecular weight excluding hydrogens is 455 g/mol. The molecule has 1 aliphatic rings. The van der Waals surface area contributed by atoms with E-state index < -0.39 is 17.5 Å². The number of amides is 1. The smallest absolute Gasteiger partial charge is 0.258 e. The highest BCUT2D eigenvalue weighted by atomic mass is 19.2. The highest BCUT2D eigenvalue weighted by molar-refractivity contribution is 6.01. The lowest BCUT2D eigenvalue weighted by Crippen LogP contribution is -2.47. The maximum absolute atomic E-state index is 14.1. The van der Waals surface area contributed by atoms with E-state index >= 15 is 0 Å². The molecular formula is C26H26F3N5O. The van der Waals surface area contributed by atoms with E-state index in [9.17, 15) is 18.0 Å². The minimum atomic E-state index is -1.50. The Hall–Kier alpha value is -3.62. The second-order valence-corrected chi connectivity index (χ2v) is 9.01. The normalized spacial score (nSPS) is 17.7. The minimum Gasteiger partial charge on any atom is -0.327 e. The number of hydrogen-bond donors (Lipinski definition) is 0. The van der Waals surface area contributed by atoms with E-state index in [4.69, 9.17) is 0 Å². The van der Waals surface area contributed by atoms with Crippen molar-refractivity contribution in [3.63, 3.8) is 0 Å². The van der Waals surface area contributed by atoms with Crippen LogP contribution >= 0.6 is 0 Å². The summed E-state index contributed by atoms with van der Waals surface area (Å²) in [6, 6.07) is 7.22. The number of rotatable bonds is 4. The van der Waals surface area contributed by atoms with Crippen LogP contribution in [-0.2, 0) is 13.5 Å². The van der Waals surface area contributed by atoms with Crippen molar-refractivity contribution in [1.29, 1.82) is 0 Å². The number of carbonyl (C=O) groups excluding carboxylic acids is 1. The van der Waals surface area contributed by atoms with E-state index in [2.05, 4.69) is 10.2 Å². The van der Waals surface area contributed by atoms with Crippen molar-refractivity contribution in [2.75, 3.05) is 0 Å². The molecule has 3 aromatic heterocycles. The molecule has 4 heterocycles. The van der Waals surface area contributed by atoms with Gasteiger partial charge in [0.05, 0.1) is 34.7 Å². The van der Waals surface area contributed by atoms with Gasteiger partial charge in [0.2, 0.25) is 0 Å². The summed E-state index contributed by atoms with van der Waals surface area (Å²) >= 11 is 0. The molecule has 0 bridgehead atoms. The van der Waals surface area contributed by atoms with Crippen LogP contribution in [0, 0.1) is 24.4 Å². The zero-order valence-corrected chi connectivity index (χ0v) is 20.0. The molecule has 4 aromatic rings. The number of fused-ring (bicyclic) bond motifs is 2. The molecule has 1 amide bonds. The monoisotopic (exact) mass is 481 g/mol. The summed E-state index contributed by atoms with van der Waals surface area (Å²) in [7, 11) is 1.70. The van der Waals surface area contributed by atoms with Crippen LogP contribution in [0.4, 0.5) is 13.2 Å². The summed E-state index contributed by atoms with van der Waals surface area (Å²) in [6.07, 6.45) is 3.36. The van der Waals surface area contributed by atoms with E-state index in [1.165, 1.54) is 0 Å². The number of aromatic nitrogens is 4. The highest BCUT2D eigenvalue weighted by Gasteiger charge is 2.40. The molecule has 9 heteroatoms. The third kappa shape index (κ3) is 3.52. The number of nitrogens with zero attached hydrogens (tertiary/aromatic N) is 5. The van der Waals surface area contributed by atoms with Crippen molar-refractivity contribution in [2.45, 2.75) is 52.1 Å². The second kappa shape index (κ2) is 8.55. The van der Waals surface area contributed by atoms with Crippen molar-refractivity contribution in [1.82, 2.24) is 24.3 Å². The van der Waals surface area contributed by atoms with Gasteiger partial charge in [-0.2, -0.15) is 10.2 Å². The Morgan fingerprint density at radius 1 is 1.11 bits per heavy atom. The average Bonchev–Trinajstić information content (AvgIpc) is 3.41. The first-order valence-electron chi connectivity index (χ1n) is 11.7. The molecule has 0 saturated carbocycles. The topological polar surface area (TPSA) is 55.4 Å². The summed E-state index contributed by atoms with van der Waals surface area (Å²) in [5.41, 5.74) is 4.47. The first-order valence-corrected chi connectivity index (χ1v) is 11.7. The molecule has 1 aromatic carbocycles. The number of hydrogen-bond acceptors (Lipinski definition) is 3. The number of halogens is 3. The molecule has 6 nitrogen and oxygen atoms in total. The summed E-state index contributed by atoms with van der Waals surface area (Å²) in [6.45, 7) is 5.93. The predicted molar refractivity (Wildman–Crippen MR) is 125 cm³/mol. The fourth-order valence-electron chi connectivity index (χ4n) is 5.32. The third-order valence-corrected chi connectivity index (χ3v) is 6.97. The lowest BCUT2D eigenvalue weighted by Gasteiger charge is -2.41. The zero-order chi connectivity index (χ0) is 25.0. The standard InChI is InChI=1S/C26H26F3N5O/c1-5-16-12-17-24(31-32(4)25(17)15-10-19(27)23(29)20(28)11-15)21(6-2)33(16)26(35)18-13-30-34-14(3)8-7-9-22(18)34/h7-11,13,16,21H,5-6,12H2,1-4H3/t16-,21+/m0/s1. The van der Waals surface area contributed by atoms with Crippen LogP contribution in [0.3, 0.4) is 0 Å². The van der Waals surface area contributed by atoms with E-state index in [-0.39, 0.29) is 23.6 Å². The average molecular weight is 482 g/mol. The van der Waals surface area contributed by atoms with Crippen molar-refractivity contribution in [3.05, 3.63) is 76.5 Å². The Labute approximate surface area is 201 Å². The fourth-order valence-corrected chi connectivity index (χ4v) is 5.32. The van der Waals surface area contributed by atoms with Crippen molar-refractivity contribution in [2.24, 2.45) is 7.05 Å². The fraction of sp³-hybridized carbons (Fsp3) is 0.346. The van der Waals surface area contributed by atoms with Crippen LogP contribution in [-0.4, -0.2) is 36.2 Å². The van der Waals surface area contributed by atoms with Crippen LogP contribution in [0.1, 0.15) is 60.0 Å². The quantitative estimate of drug-likeness (QED) is 0.368. The number of benzene rings is 1. The molecule has 182 valence electrons. The Morgan fingerprint density at radius 2 is 1.83 bits per heavy atom. The summed E-state index contributed by atoms with van der Waals surface area (Å²) in [5.74, 6) is -4.11. The SMILES string of the molecule is CC[C@H]1Cc2c(nn(C)c2-c2cc(F)c(F)c(F)c2)[C@@H](CC)N1C(=O)c1cnn2c(C)cccc12. The minimum absolute atomic E-state index is 0.124. The molecule has 1 aliphatic heterocycles. The van der Waals surface area contributed by atoms with Crippen LogP contribution < -0.4 is 0 Å². The van der Waals surface area contributed by atoms with E-state index in [1.807, 2.05) is 43.9 Å². The lowest BCUT2D eigenvalue weighted by molar-refractivity contribution is 0.0515. The summed E-state index contributed by atoms with van der Waals surface area (Å²) in [5, 5.41) is 9.09. The molecule has 0 spiro atoms. The number of aryl methyl sites for hydroxylation is 2. The molecule has 2 atom stereocenters. The van der Waals surface area contributed by atoms with Crippen LogP contribution in [0.15, 0.2) is 36.5 Å². The van der Waals surface area contributed by atoms with Crippen LogP contribution in [0.5, 0.6) is 0 Å². The van der Waals surface area contributed by atoms with Crippen LogP contribution in [0.2, 0.25) is 0 Å². The van der Waals surface area contributed by atoms with Gasteiger partial charge in [0.25, 0.3) is 5.91 Å². The molecule has 0 saturated heterocycles. The Bertz CT molecular complexity index is 1430. The largest absolute Gasteiger partial charge is 0.327 e. The molecule has 0 aliphatic carbocycles. The molecule has 0 unspecified atom stereocenters. The van der Waals surface area contributed by atoms with Crippen molar-refractivity contribution < 1.29 is 18.0 Å². The Morgan fingerprint density at radius 3 is 2.49 bits per heavy atom. The van der Waals surface area contributed by atoms with Gasteiger partial charge in [-0.05, 0) is 50.5 Å². The second-order valence-electron chi connectivity index (χ2n) is 9.01. The zero-order valence-electron chi connectivity index (χ0n) is 20.0. The van der Waals surface area contributed by atoms with Gasteiger partial charge in [-0.15, -0.1) is 0 Å². The third-order valence-electron chi connectivity index (χ3n) is 6.97. The van der Waals surface area contributed by atoms with Gasteiger partial charge in [-0.1, -0.05) is 19.9 Å². The van der Waals surface area contributed by atoms with Gasteiger partial charge in [-0.3, -0.25) is 9.48 Å². The molecule has 0 radical (unpaired) electrons. The first kappa shape index (κ1) is 23.1. The van der Waals surface area contributed by atoms with Gasteiger partial charge in [-0.25, -0.2) is 17.7 Å². The molecule has 0 N–H and O–H groups in total. The predicted octanol–water partition coefficient (Wildman–Crippen LogP) is 5.39. The highest BCUT2D eigenvalue weighted by Crippen LogP contribution is 2.41. The first-order chi connectivity index (χ1) is 16.8. The maximum Gasteiger partial charge on any atom is 0.258 e. The van der Waals surface area contributed by atoms with Gasteiger partial charge in [0, 0.05) is 29.9 Å². The summed E-state index contributed by atoms with van der Waals surface area (Å²) < 4.78 is 45.0. The molecule has 5 rings (SSSR count). The van der Waals surface area contributed by atoms with Gasteiger partial charge < -0.3 is 4.90 Å². The van der Waals surface area contributed by atoms with E-state index in [0.717, 1.165) is 28.9 Å². The molecule has 0 fully saturated rings. The molecule has 35 heavy (non-hydrogen) atoms. The van der Waals surface area contributed by atoms with Crippen LogP contribution in [0.25, 0.3) is 16.8 Å². The van der Waals surface area contributed by atoms with Crippen molar-refractivity contribution in [3.8, 4) is 11.3 Å². The maximum atomic E-state index is 14.1. The van der Waals surface area contributed by atoms with E-state index in [0.29, 0.717) is 36.2 Å². The van der Waals surface area contributed by atoms with Gasteiger partial charge in [0.1, 0.15) is 0 Å².